The molecule has 2 fully saturated rings. The SMILES string of the molecule is C[C@]12CC[C@@H]3c4ccc(OS(N)(=O)=O)cc4[C@H](c4ccccc4)C[C@H]3[C@@H]1CCC2=O. The van der Waals surface area contributed by atoms with Crippen molar-refractivity contribution in [3.05, 3.63) is 65.2 Å². The van der Waals surface area contributed by atoms with Gasteiger partial charge in [-0.2, -0.15) is 13.6 Å². The molecule has 5 nitrogen and oxygen atoms in total. The number of benzene rings is 2. The van der Waals surface area contributed by atoms with Gasteiger partial charge in [-0.3, -0.25) is 4.79 Å². The molecule has 5 rings (SSSR count). The predicted molar refractivity (Wildman–Crippen MR) is 114 cm³/mol. The average molecular weight is 426 g/mol. The minimum absolute atomic E-state index is 0.143. The van der Waals surface area contributed by atoms with Crippen LogP contribution in [0.4, 0.5) is 0 Å². The maximum atomic E-state index is 12.7. The summed E-state index contributed by atoms with van der Waals surface area (Å²) in [6.45, 7) is 2.18. The molecule has 0 unspecified atom stereocenters. The molecule has 0 amide bonds. The van der Waals surface area contributed by atoms with Crippen molar-refractivity contribution >= 4 is 16.1 Å². The molecular formula is C24H27NO4S. The highest BCUT2D eigenvalue weighted by Gasteiger charge is 2.55. The lowest BCUT2D eigenvalue weighted by atomic mass is 9.53. The molecule has 30 heavy (non-hydrogen) atoms. The first-order chi connectivity index (χ1) is 14.3. The normalized spacial score (nSPS) is 32.8. The minimum Gasteiger partial charge on any atom is -0.371 e. The predicted octanol–water partition coefficient (Wildman–Crippen LogP) is 4.28. The maximum absolute atomic E-state index is 12.7. The molecule has 2 aromatic carbocycles. The molecule has 0 aliphatic heterocycles. The van der Waals surface area contributed by atoms with E-state index in [4.69, 9.17) is 9.32 Å². The second kappa shape index (κ2) is 6.92. The zero-order valence-corrected chi connectivity index (χ0v) is 17.9. The molecule has 0 radical (unpaired) electrons. The fourth-order valence-electron chi connectivity index (χ4n) is 6.55. The number of rotatable bonds is 3. The Kier molecular flexibility index (Phi) is 4.56. The molecule has 3 aliphatic carbocycles. The fourth-order valence-corrected chi connectivity index (χ4v) is 6.92. The van der Waals surface area contributed by atoms with Crippen LogP contribution >= 0.6 is 0 Å². The van der Waals surface area contributed by atoms with E-state index in [1.807, 2.05) is 30.3 Å². The van der Waals surface area contributed by atoms with Gasteiger partial charge >= 0.3 is 10.3 Å². The Labute approximate surface area is 177 Å². The van der Waals surface area contributed by atoms with Crippen molar-refractivity contribution < 1.29 is 17.4 Å². The quantitative estimate of drug-likeness (QED) is 0.795. The van der Waals surface area contributed by atoms with Gasteiger partial charge in [0.2, 0.25) is 0 Å². The number of carbonyl (C=O) groups is 1. The summed E-state index contributed by atoms with van der Waals surface area (Å²) in [6.07, 6.45) is 4.58. The number of carbonyl (C=O) groups excluding carboxylic acids is 1. The number of hydrogen-bond donors (Lipinski definition) is 1. The summed E-state index contributed by atoms with van der Waals surface area (Å²) in [4.78, 5) is 12.7. The fraction of sp³-hybridized carbons (Fsp3) is 0.458. The van der Waals surface area contributed by atoms with E-state index in [-0.39, 0.29) is 17.1 Å². The largest absolute Gasteiger partial charge is 0.380 e. The van der Waals surface area contributed by atoms with Crippen LogP contribution in [-0.2, 0) is 15.1 Å². The summed E-state index contributed by atoms with van der Waals surface area (Å²) in [5, 5.41) is 5.10. The number of fused-ring (bicyclic) bond motifs is 5. The zero-order valence-electron chi connectivity index (χ0n) is 17.1. The Morgan fingerprint density at radius 1 is 1.07 bits per heavy atom. The van der Waals surface area contributed by atoms with Crippen molar-refractivity contribution in [1.29, 1.82) is 0 Å². The molecule has 3 aliphatic rings. The minimum atomic E-state index is -4.07. The summed E-state index contributed by atoms with van der Waals surface area (Å²) in [6, 6.07) is 15.9. The molecule has 0 saturated heterocycles. The number of ketones is 1. The zero-order chi connectivity index (χ0) is 21.1. The topological polar surface area (TPSA) is 86.5 Å². The van der Waals surface area contributed by atoms with Crippen LogP contribution in [0.25, 0.3) is 0 Å². The van der Waals surface area contributed by atoms with Gasteiger partial charge in [0.15, 0.2) is 0 Å². The van der Waals surface area contributed by atoms with Crippen molar-refractivity contribution in [3.8, 4) is 5.75 Å². The van der Waals surface area contributed by atoms with Gasteiger partial charge in [-0.05, 0) is 72.3 Å². The van der Waals surface area contributed by atoms with Gasteiger partial charge in [0.05, 0.1) is 0 Å². The van der Waals surface area contributed by atoms with Gasteiger partial charge in [0.25, 0.3) is 0 Å². The Morgan fingerprint density at radius 2 is 1.83 bits per heavy atom. The molecule has 2 aromatic rings. The Morgan fingerprint density at radius 3 is 2.57 bits per heavy atom. The van der Waals surface area contributed by atoms with Crippen LogP contribution in [0.5, 0.6) is 5.75 Å². The number of hydrogen-bond acceptors (Lipinski definition) is 4. The average Bonchev–Trinajstić information content (AvgIpc) is 3.01. The molecule has 0 spiro atoms. The van der Waals surface area contributed by atoms with Crippen molar-refractivity contribution in [2.24, 2.45) is 22.4 Å². The van der Waals surface area contributed by atoms with Gasteiger partial charge in [-0.15, -0.1) is 0 Å². The van der Waals surface area contributed by atoms with Gasteiger partial charge in [-0.1, -0.05) is 43.3 Å². The number of Topliss-reactive ketones (excluding diaryl/α,β-unsaturated/α-hetero) is 1. The van der Waals surface area contributed by atoms with Crippen LogP contribution < -0.4 is 9.32 Å². The van der Waals surface area contributed by atoms with E-state index in [9.17, 15) is 13.2 Å². The Bertz CT molecular complexity index is 1100. The summed E-state index contributed by atoms with van der Waals surface area (Å²) in [7, 11) is -4.07. The van der Waals surface area contributed by atoms with E-state index >= 15 is 0 Å². The third kappa shape index (κ3) is 3.17. The van der Waals surface area contributed by atoms with Crippen molar-refractivity contribution in [2.45, 2.75) is 50.9 Å². The molecular weight excluding hydrogens is 398 g/mol. The highest BCUT2D eigenvalue weighted by atomic mass is 32.2. The van der Waals surface area contributed by atoms with E-state index in [0.717, 1.165) is 31.2 Å². The smallest absolute Gasteiger partial charge is 0.371 e. The first-order valence-corrected chi connectivity index (χ1v) is 12.2. The molecule has 5 atom stereocenters. The Balaban J connectivity index is 1.61. The third-order valence-corrected chi connectivity index (χ3v) is 8.33. The summed E-state index contributed by atoms with van der Waals surface area (Å²) in [5.41, 5.74) is 3.41. The Hall–Kier alpha value is -2.18. The molecule has 2 saturated carbocycles. The highest BCUT2D eigenvalue weighted by molar-refractivity contribution is 7.84. The first kappa shape index (κ1) is 19.8. The molecule has 2 N–H and O–H groups in total. The van der Waals surface area contributed by atoms with Crippen LogP contribution in [0.2, 0.25) is 0 Å². The summed E-state index contributed by atoms with van der Waals surface area (Å²) >= 11 is 0. The van der Waals surface area contributed by atoms with E-state index in [2.05, 4.69) is 19.1 Å². The van der Waals surface area contributed by atoms with Gasteiger partial charge in [0, 0.05) is 17.8 Å². The van der Waals surface area contributed by atoms with Crippen LogP contribution in [0.15, 0.2) is 48.5 Å². The monoisotopic (exact) mass is 425 g/mol. The second-order valence-corrected chi connectivity index (χ2v) is 10.5. The van der Waals surface area contributed by atoms with Crippen LogP contribution in [-0.4, -0.2) is 14.2 Å². The van der Waals surface area contributed by atoms with Gasteiger partial charge in [-0.25, -0.2) is 0 Å². The van der Waals surface area contributed by atoms with Crippen LogP contribution in [0.1, 0.15) is 67.6 Å². The molecule has 0 aromatic heterocycles. The van der Waals surface area contributed by atoms with Crippen molar-refractivity contribution in [2.75, 3.05) is 0 Å². The van der Waals surface area contributed by atoms with Crippen LogP contribution in [0, 0.1) is 17.3 Å². The van der Waals surface area contributed by atoms with E-state index in [0.29, 0.717) is 30.0 Å². The summed E-state index contributed by atoms with van der Waals surface area (Å²) in [5.74, 6) is 2.11. The van der Waals surface area contributed by atoms with Crippen LogP contribution in [0.3, 0.4) is 0 Å². The maximum Gasteiger partial charge on any atom is 0.380 e. The highest BCUT2D eigenvalue weighted by Crippen LogP contribution is 2.62. The number of nitrogens with two attached hydrogens (primary N) is 1. The third-order valence-electron chi connectivity index (χ3n) is 7.90. The van der Waals surface area contributed by atoms with E-state index in [1.165, 1.54) is 11.1 Å². The lowest BCUT2D eigenvalue weighted by Gasteiger charge is -2.50. The van der Waals surface area contributed by atoms with Gasteiger partial charge in [0.1, 0.15) is 11.5 Å². The van der Waals surface area contributed by atoms with Crippen molar-refractivity contribution in [3.63, 3.8) is 0 Å². The molecule has 0 heterocycles. The molecule has 6 heteroatoms. The second-order valence-electron chi connectivity index (χ2n) is 9.36. The lowest BCUT2D eigenvalue weighted by Crippen LogP contribution is -2.43. The lowest BCUT2D eigenvalue weighted by molar-refractivity contribution is -0.129. The van der Waals surface area contributed by atoms with E-state index in [1.54, 1.807) is 6.07 Å². The standard InChI is InChI=1S/C24H27NO4S/c1-24-12-11-18-17-8-7-16(29-30(25,27)28)13-20(17)19(15-5-3-2-4-6-15)14-21(18)22(24)9-10-23(24)26/h2-8,13,18-19,21-22H,9-12,14H2,1H3,(H2,25,27,28)/t18-,19+,21-,22+,24+/m1/s1. The van der Waals surface area contributed by atoms with Crippen molar-refractivity contribution in [1.82, 2.24) is 0 Å². The van der Waals surface area contributed by atoms with E-state index < -0.39 is 10.3 Å². The van der Waals surface area contributed by atoms with Gasteiger partial charge < -0.3 is 4.18 Å². The molecule has 0 bridgehead atoms. The first-order valence-electron chi connectivity index (χ1n) is 10.7. The summed E-state index contributed by atoms with van der Waals surface area (Å²) < 4.78 is 27.9. The molecule has 158 valence electrons.